The van der Waals surface area contributed by atoms with Gasteiger partial charge in [-0.25, -0.2) is 0 Å². The third kappa shape index (κ3) is 4.23. The average Bonchev–Trinajstić information content (AvgIpc) is 3.10. The lowest BCUT2D eigenvalue weighted by Crippen LogP contribution is -2.23. The van der Waals surface area contributed by atoms with Crippen LogP contribution in [0.4, 0.5) is 0 Å². The Kier molecular flexibility index (Phi) is 5.23. The van der Waals surface area contributed by atoms with Crippen molar-refractivity contribution in [3.8, 4) is 0 Å². The van der Waals surface area contributed by atoms with Crippen LogP contribution in [0.25, 0.3) is 0 Å². The van der Waals surface area contributed by atoms with E-state index in [-0.39, 0.29) is 0 Å². The molecule has 3 rings (SSSR count). The van der Waals surface area contributed by atoms with E-state index in [1.165, 1.54) is 24.0 Å². The normalized spacial score (nSPS) is 23.5. The quantitative estimate of drug-likeness (QED) is 0.729. The van der Waals surface area contributed by atoms with Crippen LogP contribution in [-0.4, -0.2) is 24.5 Å². The van der Waals surface area contributed by atoms with E-state index in [9.17, 15) is 0 Å². The molecule has 4 heteroatoms. The van der Waals surface area contributed by atoms with E-state index < -0.39 is 0 Å². The first-order chi connectivity index (χ1) is 10.2. The minimum absolute atomic E-state index is 0.737. The number of rotatable bonds is 4. The zero-order chi connectivity index (χ0) is 14.7. The summed E-state index contributed by atoms with van der Waals surface area (Å²) in [6, 6.07) is 2.24. The summed E-state index contributed by atoms with van der Waals surface area (Å²) in [5, 5.41) is 6.13. The molecule has 0 aromatic carbocycles. The molecule has 1 nitrogen and oxygen atoms in total. The van der Waals surface area contributed by atoms with Crippen molar-refractivity contribution < 1.29 is 0 Å². The van der Waals surface area contributed by atoms with Crippen molar-refractivity contribution >= 4 is 34.5 Å². The van der Waals surface area contributed by atoms with Crippen LogP contribution in [-0.2, 0) is 6.42 Å². The van der Waals surface area contributed by atoms with Crippen LogP contribution in [0.5, 0.6) is 0 Å². The highest BCUT2D eigenvalue weighted by Crippen LogP contribution is 2.27. The van der Waals surface area contributed by atoms with Gasteiger partial charge in [0.1, 0.15) is 0 Å². The van der Waals surface area contributed by atoms with E-state index in [0.717, 1.165) is 42.0 Å². The Hall–Kier alpha value is -0.540. The van der Waals surface area contributed by atoms with Crippen LogP contribution in [0.2, 0.25) is 0 Å². The Morgan fingerprint density at radius 2 is 2.19 bits per heavy atom. The lowest BCUT2D eigenvalue weighted by atomic mass is 10.0. The van der Waals surface area contributed by atoms with Gasteiger partial charge < -0.3 is 0 Å². The summed E-state index contributed by atoms with van der Waals surface area (Å²) < 4.78 is 0. The highest BCUT2D eigenvalue weighted by Gasteiger charge is 2.23. The van der Waals surface area contributed by atoms with Gasteiger partial charge in [-0.3, -0.25) is 4.90 Å². The van der Waals surface area contributed by atoms with Gasteiger partial charge in [0, 0.05) is 29.6 Å². The number of thiophene rings is 1. The molecule has 0 unspecified atom stereocenters. The molecular weight excluding hydrogens is 321 g/mol. The fourth-order valence-corrected chi connectivity index (χ4v) is 4.01. The third-order valence-corrected chi connectivity index (χ3v) is 5.53. The molecule has 0 N–H and O–H groups in total. The van der Waals surface area contributed by atoms with Crippen LogP contribution in [0.3, 0.4) is 0 Å². The molecule has 1 aromatic heterocycles. The average molecular weight is 340 g/mol. The molecule has 0 radical (unpaired) electrons. The standard InChI is InChI=1S/C17H19Cl2NS/c18-16-2-1-15(17(19)4-3-16)11-20-7-5-13(10-20)9-14-6-8-21-12-14/h1-2,4,6,8,12-13H,3,5,7,9-11H2/t13-/m0/s1. The predicted octanol–water partition coefficient (Wildman–Crippen LogP) is 5.19. The van der Waals surface area contributed by atoms with Gasteiger partial charge >= 0.3 is 0 Å². The zero-order valence-corrected chi connectivity index (χ0v) is 14.2. The van der Waals surface area contributed by atoms with E-state index in [2.05, 4.69) is 27.8 Å². The van der Waals surface area contributed by atoms with Gasteiger partial charge in [0.25, 0.3) is 0 Å². The molecule has 0 amide bonds. The van der Waals surface area contributed by atoms with Crippen molar-refractivity contribution in [2.45, 2.75) is 19.3 Å². The van der Waals surface area contributed by atoms with Crippen LogP contribution >= 0.6 is 34.5 Å². The molecule has 0 saturated carbocycles. The number of hydrogen-bond acceptors (Lipinski definition) is 2. The lowest BCUT2D eigenvalue weighted by Gasteiger charge is -2.17. The van der Waals surface area contributed by atoms with E-state index in [0.29, 0.717) is 0 Å². The second kappa shape index (κ2) is 7.15. The fourth-order valence-electron chi connectivity index (χ4n) is 2.99. The number of allylic oxidation sites excluding steroid dienone is 4. The second-order valence-electron chi connectivity index (χ2n) is 5.79. The van der Waals surface area contributed by atoms with Gasteiger partial charge in [-0.1, -0.05) is 35.4 Å². The highest BCUT2D eigenvalue weighted by molar-refractivity contribution is 7.07. The second-order valence-corrected chi connectivity index (χ2v) is 7.46. The first kappa shape index (κ1) is 15.4. The van der Waals surface area contributed by atoms with E-state index in [4.69, 9.17) is 23.2 Å². The molecule has 1 aromatic rings. The molecule has 2 heterocycles. The Balaban J connectivity index is 1.57. The Morgan fingerprint density at radius 3 is 3.00 bits per heavy atom. The van der Waals surface area contributed by atoms with Crippen LogP contribution in [0, 0.1) is 5.92 Å². The van der Waals surface area contributed by atoms with Crippen molar-refractivity contribution in [2.75, 3.05) is 19.6 Å². The fraction of sp³-hybridized carbons (Fsp3) is 0.412. The van der Waals surface area contributed by atoms with Crippen LogP contribution < -0.4 is 0 Å². The van der Waals surface area contributed by atoms with E-state index >= 15 is 0 Å². The monoisotopic (exact) mass is 339 g/mol. The maximum Gasteiger partial charge on any atom is 0.0414 e. The Labute approximate surface area is 140 Å². The number of nitrogens with zero attached hydrogens (tertiary/aromatic N) is 1. The largest absolute Gasteiger partial charge is 0.299 e. The SMILES string of the molecule is ClC1=CC=C(CN2CC[C@@H](Cc3ccsc3)C2)C(Cl)=CC1. The highest BCUT2D eigenvalue weighted by atomic mass is 35.5. The van der Waals surface area contributed by atoms with Gasteiger partial charge in [0.2, 0.25) is 0 Å². The molecular formula is C17H19Cl2NS. The van der Waals surface area contributed by atoms with Gasteiger partial charge in [0.15, 0.2) is 0 Å². The Bertz CT molecular complexity index is 572. The summed E-state index contributed by atoms with van der Waals surface area (Å²) in [5.41, 5.74) is 2.66. The smallest absolute Gasteiger partial charge is 0.0414 e. The molecule has 1 atom stereocenters. The molecule has 0 spiro atoms. The van der Waals surface area contributed by atoms with Crippen LogP contribution in [0.15, 0.2) is 50.7 Å². The van der Waals surface area contributed by atoms with Gasteiger partial charge in [-0.15, -0.1) is 0 Å². The first-order valence-corrected chi connectivity index (χ1v) is 9.05. The third-order valence-electron chi connectivity index (χ3n) is 4.12. The van der Waals surface area contributed by atoms with Crippen molar-refractivity contribution in [3.63, 3.8) is 0 Å². The van der Waals surface area contributed by atoms with Gasteiger partial charge in [0.05, 0.1) is 0 Å². The molecule has 1 aliphatic carbocycles. The van der Waals surface area contributed by atoms with E-state index in [1.54, 1.807) is 11.3 Å². The number of halogens is 2. The van der Waals surface area contributed by atoms with Crippen molar-refractivity contribution in [2.24, 2.45) is 5.92 Å². The topological polar surface area (TPSA) is 3.24 Å². The van der Waals surface area contributed by atoms with Crippen molar-refractivity contribution in [1.29, 1.82) is 0 Å². The summed E-state index contributed by atoms with van der Waals surface area (Å²) in [6.45, 7) is 3.25. The minimum Gasteiger partial charge on any atom is -0.299 e. The molecule has 1 aliphatic heterocycles. The van der Waals surface area contributed by atoms with Crippen molar-refractivity contribution in [3.05, 3.63) is 56.3 Å². The maximum atomic E-state index is 6.36. The zero-order valence-electron chi connectivity index (χ0n) is 11.9. The van der Waals surface area contributed by atoms with E-state index in [1.807, 2.05) is 12.2 Å². The van der Waals surface area contributed by atoms with Crippen LogP contribution in [0.1, 0.15) is 18.4 Å². The predicted molar refractivity (Wildman–Crippen MR) is 93.1 cm³/mol. The summed E-state index contributed by atoms with van der Waals surface area (Å²) in [5.74, 6) is 0.771. The molecule has 1 fully saturated rings. The van der Waals surface area contributed by atoms with Crippen molar-refractivity contribution in [1.82, 2.24) is 4.90 Å². The summed E-state index contributed by atoms with van der Waals surface area (Å²) in [7, 11) is 0. The summed E-state index contributed by atoms with van der Waals surface area (Å²) >= 11 is 14.2. The number of hydrogen-bond donors (Lipinski definition) is 0. The van der Waals surface area contributed by atoms with Gasteiger partial charge in [-0.05, 0) is 59.3 Å². The molecule has 2 aliphatic rings. The summed E-state index contributed by atoms with van der Waals surface area (Å²) in [6.07, 6.45) is 9.27. The molecule has 1 saturated heterocycles. The minimum atomic E-state index is 0.737. The molecule has 0 bridgehead atoms. The molecule has 112 valence electrons. The number of likely N-dealkylation sites (tertiary alicyclic amines) is 1. The lowest BCUT2D eigenvalue weighted by molar-refractivity contribution is 0.353. The summed E-state index contributed by atoms with van der Waals surface area (Å²) in [4.78, 5) is 2.51. The molecule has 21 heavy (non-hydrogen) atoms. The first-order valence-electron chi connectivity index (χ1n) is 7.35. The van der Waals surface area contributed by atoms with Gasteiger partial charge in [-0.2, -0.15) is 11.3 Å². The Morgan fingerprint density at radius 1 is 1.29 bits per heavy atom. The maximum absolute atomic E-state index is 6.36.